The van der Waals surface area contributed by atoms with Gasteiger partial charge in [0, 0.05) is 26.6 Å². The smallest absolute Gasteiger partial charge is 0.279 e. The van der Waals surface area contributed by atoms with Crippen LogP contribution in [0.1, 0.15) is 31.5 Å². The molecule has 0 aliphatic rings. The van der Waals surface area contributed by atoms with E-state index >= 15 is 0 Å². The third-order valence-corrected chi connectivity index (χ3v) is 4.43. The monoisotopic (exact) mass is 319 g/mol. The maximum absolute atomic E-state index is 12.0. The van der Waals surface area contributed by atoms with E-state index in [9.17, 15) is 8.42 Å². The third kappa shape index (κ3) is 6.98. The number of nitrogens with zero attached hydrogens (tertiary/aromatic N) is 3. The molecule has 2 N–H and O–H groups in total. The van der Waals surface area contributed by atoms with Crippen molar-refractivity contribution in [3.8, 4) is 0 Å². The molecular formula is C12H25N5O3S. The zero-order valence-electron chi connectivity index (χ0n) is 12.9. The average molecular weight is 319 g/mol. The normalized spacial score (nSPS) is 12.2. The summed E-state index contributed by atoms with van der Waals surface area (Å²) in [5.41, 5.74) is 0. The molecule has 1 heterocycles. The Bertz CT molecular complexity index is 503. The Labute approximate surface area is 126 Å². The molecule has 122 valence electrons. The fourth-order valence-corrected chi connectivity index (χ4v) is 2.64. The molecule has 0 saturated carbocycles. The summed E-state index contributed by atoms with van der Waals surface area (Å²) in [6, 6.07) is 0. The lowest BCUT2D eigenvalue weighted by Crippen LogP contribution is -2.40. The molecule has 1 aromatic heterocycles. The maximum atomic E-state index is 12.0. The van der Waals surface area contributed by atoms with Crippen molar-refractivity contribution in [2.45, 2.75) is 33.1 Å². The van der Waals surface area contributed by atoms with Crippen molar-refractivity contribution in [2.24, 2.45) is 0 Å². The van der Waals surface area contributed by atoms with Crippen LogP contribution in [0.5, 0.6) is 0 Å². The van der Waals surface area contributed by atoms with Gasteiger partial charge >= 0.3 is 0 Å². The van der Waals surface area contributed by atoms with Crippen molar-refractivity contribution < 1.29 is 12.9 Å². The molecule has 0 amide bonds. The zero-order chi connectivity index (χ0) is 15.7. The predicted molar refractivity (Wildman–Crippen MR) is 80.1 cm³/mol. The molecule has 0 aliphatic carbocycles. The molecular weight excluding hydrogens is 294 g/mol. The summed E-state index contributed by atoms with van der Waals surface area (Å²) in [4.78, 5) is 4.02. The van der Waals surface area contributed by atoms with E-state index in [1.807, 2.05) is 0 Å². The molecule has 8 nitrogen and oxygen atoms in total. The second kappa shape index (κ2) is 9.08. The van der Waals surface area contributed by atoms with E-state index in [1.54, 1.807) is 14.0 Å². The SMILES string of the molecule is CCCNCCCN(C)S(=O)(=O)NCCc1nc(C)no1. The molecule has 0 aliphatic heterocycles. The molecule has 0 atom stereocenters. The Kier molecular flexibility index (Phi) is 7.79. The van der Waals surface area contributed by atoms with Gasteiger partial charge in [0.2, 0.25) is 5.89 Å². The Morgan fingerprint density at radius 2 is 2.05 bits per heavy atom. The molecule has 0 spiro atoms. The number of nitrogens with one attached hydrogen (secondary N) is 2. The van der Waals surface area contributed by atoms with Gasteiger partial charge in [-0.25, -0.2) is 4.72 Å². The lowest BCUT2D eigenvalue weighted by atomic mass is 10.4. The van der Waals surface area contributed by atoms with Crippen LogP contribution in [-0.4, -0.2) is 56.1 Å². The van der Waals surface area contributed by atoms with E-state index in [1.165, 1.54) is 4.31 Å². The van der Waals surface area contributed by atoms with Gasteiger partial charge < -0.3 is 9.84 Å². The van der Waals surface area contributed by atoms with E-state index < -0.39 is 10.2 Å². The molecule has 0 saturated heterocycles. The molecule has 0 aromatic carbocycles. The van der Waals surface area contributed by atoms with Crippen LogP contribution >= 0.6 is 0 Å². The second-order valence-corrected chi connectivity index (χ2v) is 6.67. The van der Waals surface area contributed by atoms with Crippen molar-refractivity contribution in [3.05, 3.63) is 11.7 Å². The van der Waals surface area contributed by atoms with Crippen molar-refractivity contribution >= 4 is 10.2 Å². The van der Waals surface area contributed by atoms with Crippen molar-refractivity contribution in [3.63, 3.8) is 0 Å². The fourth-order valence-electron chi connectivity index (χ4n) is 1.69. The lowest BCUT2D eigenvalue weighted by molar-refractivity contribution is 0.374. The predicted octanol–water partition coefficient (Wildman–Crippen LogP) is 0.0764. The Balaban J connectivity index is 2.24. The summed E-state index contributed by atoms with van der Waals surface area (Å²) in [6.07, 6.45) is 2.23. The average Bonchev–Trinajstić information content (AvgIpc) is 2.83. The van der Waals surface area contributed by atoms with Crippen LogP contribution in [0.3, 0.4) is 0 Å². The summed E-state index contributed by atoms with van der Waals surface area (Å²) >= 11 is 0. The minimum absolute atomic E-state index is 0.238. The highest BCUT2D eigenvalue weighted by atomic mass is 32.2. The first kappa shape index (κ1) is 18.0. The molecule has 0 bridgehead atoms. The summed E-state index contributed by atoms with van der Waals surface area (Å²) in [6.45, 7) is 6.30. The van der Waals surface area contributed by atoms with E-state index in [4.69, 9.17) is 4.52 Å². The van der Waals surface area contributed by atoms with Crippen LogP contribution in [-0.2, 0) is 16.6 Å². The van der Waals surface area contributed by atoms with Crippen LogP contribution in [0.15, 0.2) is 4.52 Å². The highest BCUT2D eigenvalue weighted by Crippen LogP contribution is 1.99. The lowest BCUT2D eigenvalue weighted by Gasteiger charge is -2.17. The molecule has 0 unspecified atom stereocenters. The summed E-state index contributed by atoms with van der Waals surface area (Å²) in [5, 5.41) is 6.89. The van der Waals surface area contributed by atoms with Crippen LogP contribution in [0.2, 0.25) is 0 Å². The molecule has 9 heteroatoms. The first-order chi connectivity index (χ1) is 9.95. The number of hydrogen-bond donors (Lipinski definition) is 2. The van der Waals surface area contributed by atoms with Crippen molar-refractivity contribution in [2.75, 3.05) is 33.2 Å². The van der Waals surface area contributed by atoms with E-state index in [0.717, 1.165) is 25.9 Å². The molecule has 21 heavy (non-hydrogen) atoms. The fraction of sp³-hybridized carbons (Fsp3) is 0.833. The van der Waals surface area contributed by atoms with Gasteiger partial charge in [-0.05, 0) is 32.9 Å². The number of rotatable bonds is 11. The van der Waals surface area contributed by atoms with Crippen molar-refractivity contribution in [1.82, 2.24) is 24.5 Å². The topological polar surface area (TPSA) is 100 Å². The van der Waals surface area contributed by atoms with Crippen LogP contribution in [0.25, 0.3) is 0 Å². The standard InChI is InChI=1S/C12H25N5O3S/c1-4-7-13-8-5-10-17(3)21(18,19)14-9-6-12-15-11(2)16-20-12/h13-14H,4-10H2,1-3H3. The Morgan fingerprint density at radius 1 is 1.29 bits per heavy atom. The number of aromatic nitrogens is 2. The van der Waals surface area contributed by atoms with Crippen molar-refractivity contribution in [1.29, 1.82) is 0 Å². The summed E-state index contributed by atoms with van der Waals surface area (Å²) < 4.78 is 32.7. The highest BCUT2D eigenvalue weighted by Gasteiger charge is 2.16. The molecule has 0 fully saturated rings. The van der Waals surface area contributed by atoms with Gasteiger partial charge in [0.1, 0.15) is 0 Å². The van der Waals surface area contributed by atoms with Gasteiger partial charge in [-0.15, -0.1) is 0 Å². The van der Waals surface area contributed by atoms with Crippen LogP contribution in [0, 0.1) is 6.92 Å². The summed E-state index contributed by atoms with van der Waals surface area (Å²) in [5.74, 6) is 0.978. The van der Waals surface area contributed by atoms with Gasteiger partial charge in [-0.1, -0.05) is 12.1 Å². The van der Waals surface area contributed by atoms with E-state index in [-0.39, 0.29) is 6.54 Å². The maximum Gasteiger partial charge on any atom is 0.279 e. The minimum atomic E-state index is -3.45. The summed E-state index contributed by atoms with van der Waals surface area (Å²) in [7, 11) is -1.88. The van der Waals surface area contributed by atoms with E-state index in [2.05, 4.69) is 27.1 Å². The highest BCUT2D eigenvalue weighted by molar-refractivity contribution is 7.87. The van der Waals surface area contributed by atoms with Gasteiger partial charge in [0.05, 0.1) is 0 Å². The largest absolute Gasteiger partial charge is 0.339 e. The van der Waals surface area contributed by atoms with Gasteiger partial charge in [0.25, 0.3) is 10.2 Å². The molecule has 0 radical (unpaired) electrons. The van der Waals surface area contributed by atoms with Gasteiger partial charge in [-0.2, -0.15) is 17.7 Å². The zero-order valence-corrected chi connectivity index (χ0v) is 13.7. The van der Waals surface area contributed by atoms with Gasteiger partial charge in [0.15, 0.2) is 5.82 Å². The first-order valence-electron chi connectivity index (χ1n) is 7.16. The third-order valence-electron chi connectivity index (χ3n) is 2.86. The Morgan fingerprint density at radius 3 is 2.67 bits per heavy atom. The number of aryl methyl sites for hydroxylation is 1. The Hall–Kier alpha value is -1.03. The minimum Gasteiger partial charge on any atom is -0.339 e. The second-order valence-electron chi connectivity index (χ2n) is 4.81. The quantitative estimate of drug-likeness (QED) is 0.560. The molecule has 1 aromatic rings. The number of hydrogen-bond acceptors (Lipinski definition) is 6. The van der Waals surface area contributed by atoms with Crippen LogP contribution in [0.4, 0.5) is 0 Å². The van der Waals surface area contributed by atoms with Gasteiger partial charge in [-0.3, -0.25) is 0 Å². The van der Waals surface area contributed by atoms with E-state index in [0.29, 0.717) is 24.7 Å². The molecule has 1 rings (SSSR count). The van der Waals surface area contributed by atoms with Crippen LogP contribution < -0.4 is 10.0 Å². The first-order valence-corrected chi connectivity index (χ1v) is 8.60.